The van der Waals surface area contributed by atoms with Crippen molar-refractivity contribution in [3.63, 3.8) is 0 Å². The molecular weight excluding hydrogens is 350 g/mol. The van der Waals surface area contributed by atoms with Crippen LogP contribution in [0.15, 0.2) is 24.3 Å². The lowest BCUT2D eigenvalue weighted by Crippen LogP contribution is -2.43. The van der Waals surface area contributed by atoms with Gasteiger partial charge in [-0.25, -0.2) is 14.4 Å². The van der Waals surface area contributed by atoms with Gasteiger partial charge in [-0.15, -0.1) is 0 Å². The number of amides is 1. The van der Waals surface area contributed by atoms with Gasteiger partial charge in [-0.2, -0.15) is 0 Å². The number of para-hydroxylation sites is 1. The number of nitrogens with one attached hydrogen (secondary N) is 1. The highest BCUT2D eigenvalue weighted by atomic mass is 32.2. The van der Waals surface area contributed by atoms with Crippen molar-refractivity contribution in [1.29, 1.82) is 0 Å². The summed E-state index contributed by atoms with van der Waals surface area (Å²) >= 11 is 0.675. The van der Waals surface area contributed by atoms with E-state index in [9.17, 15) is 19.2 Å². The zero-order chi connectivity index (χ0) is 18.8. The zero-order valence-corrected chi connectivity index (χ0v) is 14.9. The molecule has 0 saturated carbocycles. The van der Waals surface area contributed by atoms with Crippen LogP contribution in [-0.4, -0.2) is 48.7 Å². The summed E-state index contributed by atoms with van der Waals surface area (Å²) in [5.41, 5.74) is 0.0998. The summed E-state index contributed by atoms with van der Waals surface area (Å²) in [6.07, 6.45) is 0. The van der Waals surface area contributed by atoms with Crippen molar-refractivity contribution in [2.45, 2.75) is 19.9 Å². The van der Waals surface area contributed by atoms with E-state index in [1.54, 1.807) is 19.1 Å². The number of rotatable bonds is 7. The van der Waals surface area contributed by atoms with Crippen molar-refractivity contribution in [3.05, 3.63) is 29.8 Å². The highest BCUT2D eigenvalue weighted by molar-refractivity contribution is 8.13. The molecule has 9 heteroatoms. The van der Waals surface area contributed by atoms with E-state index in [0.717, 1.165) is 0 Å². The molecule has 0 aliphatic carbocycles. The largest absolute Gasteiger partial charge is 0.465 e. The number of carbonyl (C=O) groups excluding carboxylic acids is 4. The van der Waals surface area contributed by atoms with Gasteiger partial charge in [0.2, 0.25) is 5.91 Å². The van der Waals surface area contributed by atoms with Crippen LogP contribution in [0.2, 0.25) is 0 Å². The van der Waals surface area contributed by atoms with Crippen LogP contribution in [0.3, 0.4) is 0 Å². The fraction of sp³-hybridized carbons (Fsp3) is 0.375. The number of ether oxygens (including phenoxy) is 3. The molecule has 0 aliphatic rings. The molecule has 0 heterocycles. The molecule has 1 N–H and O–H groups in total. The Balaban J connectivity index is 2.71. The molecule has 1 atom stereocenters. The lowest BCUT2D eigenvalue weighted by molar-refractivity contribution is -0.146. The van der Waals surface area contributed by atoms with Gasteiger partial charge in [-0.05, 0) is 30.8 Å². The van der Waals surface area contributed by atoms with E-state index < -0.39 is 29.2 Å². The van der Waals surface area contributed by atoms with Crippen LogP contribution in [0.5, 0.6) is 5.75 Å². The number of thioether (sulfide) groups is 1. The number of methoxy groups -OCH3 is 1. The molecule has 1 rings (SSSR count). The fourth-order valence-electron chi connectivity index (χ4n) is 1.76. The summed E-state index contributed by atoms with van der Waals surface area (Å²) in [6.45, 7) is 3.03. The summed E-state index contributed by atoms with van der Waals surface area (Å²) in [5.74, 6) is -1.75. The monoisotopic (exact) mass is 369 g/mol. The van der Waals surface area contributed by atoms with Gasteiger partial charge in [0.25, 0.3) is 0 Å². The van der Waals surface area contributed by atoms with E-state index >= 15 is 0 Å². The number of carbonyl (C=O) groups is 4. The first kappa shape index (κ1) is 20.5. The van der Waals surface area contributed by atoms with Gasteiger partial charge in [0.05, 0.1) is 13.7 Å². The second-order valence-electron chi connectivity index (χ2n) is 4.66. The van der Waals surface area contributed by atoms with Gasteiger partial charge in [-0.3, -0.25) is 4.79 Å². The fourth-order valence-corrected chi connectivity index (χ4v) is 2.43. The standard InChI is InChI=1S/C16H19NO7S/c1-4-23-15(20)12(17-10(2)18)9-25-16(21)24-13-8-6-5-7-11(13)14(19)22-3/h5-8,12H,4,9H2,1-3H3,(H,17,18)/t12-/m0/s1. The second-order valence-corrected chi connectivity index (χ2v) is 5.61. The van der Waals surface area contributed by atoms with Gasteiger partial charge in [0, 0.05) is 12.7 Å². The van der Waals surface area contributed by atoms with Crippen molar-refractivity contribution in [2.75, 3.05) is 19.5 Å². The maximum atomic E-state index is 12.0. The summed E-state index contributed by atoms with van der Waals surface area (Å²) in [7, 11) is 1.22. The van der Waals surface area contributed by atoms with Crippen LogP contribution >= 0.6 is 11.8 Å². The van der Waals surface area contributed by atoms with Crippen LogP contribution in [0.25, 0.3) is 0 Å². The Morgan fingerprint density at radius 2 is 1.88 bits per heavy atom. The summed E-state index contributed by atoms with van der Waals surface area (Å²) in [6, 6.07) is 5.12. The van der Waals surface area contributed by atoms with Crippen molar-refractivity contribution >= 4 is 34.9 Å². The summed E-state index contributed by atoms with van der Waals surface area (Å²) in [5, 5.41) is 1.67. The molecule has 0 aliphatic heterocycles. The topological polar surface area (TPSA) is 108 Å². The van der Waals surface area contributed by atoms with Crippen LogP contribution in [0.1, 0.15) is 24.2 Å². The second kappa shape index (κ2) is 10.3. The predicted octanol–water partition coefficient (Wildman–Crippen LogP) is 1.77. The molecule has 0 unspecified atom stereocenters. The van der Waals surface area contributed by atoms with Gasteiger partial charge >= 0.3 is 17.2 Å². The Morgan fingerprint density at radius 3 is 2.48 bits per heavy atom. The molecule has 1 aromatic rings. The Bertz CT molecular complexity index is 647. The number of hydrogen-bond acceptors (Lipinski definition) is 8. The molecule has 0 saturated heterocycles. The SMILES string of the molecule is CCOC(=O)[C@H](CSC(=O)Oc1ccccc1C(=O)OC)NC(C)=O. The van der Waals surface area contributed by atoms with Crippen LogP contribution in [0, 0.1) is 0 Å². The van der Waals surface area contributed by atoms with Gasteiger partial charge < -0.3 is 19.5 Å². The Morgan fingerprint density at radius 1 is 1.20 bits per heavy atom. The van der Waals surface area contributed by atoms with E-state index in [1.165, 1.54) is 26.2 Å². The van der Waals surface area contributed by atoms with E-state index in [1.807, 2.05) is 0 Å². The van der Waals surface area contributed by atoms with E-state index in [0.29, 0.717) is 11.8 Å². The maximum Gasteiger partial charge on any atom is 0.372 e. The van der Waals surface area contributed by atoms with Crippen LogP contribution < -0.4 is 10.1 Å². The van der Waals surface area contributed by atoms with Gasteiger partial charge in [-0.1, -0.05) is 12.1 Å². The van der Waals surface area contributed by atoms with Gasteiger partial charge in [0.1, 0.15) is 17.4 Å². The average Bonchev–Trinajstić information content (AvgIpc) is 2.58. The minimum Gasteiger partial charge on any atom is -0.465 e. The molecule has 1 aromatic carbocycles. The first-order valence-corrected chi connectivity index (χ1v) is 8.33. The van der Waals surface area contributed by atoms with Crippen LogP contribution in [-0.2, 0) is 19.1 Å². The Labute approximate surface area is 149 Å². The minimum absolute atomic E-state index is 0.0408. The lowest BCUT2D eigenvalue weighted by atomic mass is 10.2. The predicted molar refractivity (Wildman–Crippen MR) is 90.5 cm³/mol. The third-order valence-electron chi connectivity index (χ3n) is 2.80. The summed E-state index contributed by atoms with van der Waals surface area (Å²) < 4.78 is 14.6. The van der Waals surface area contributed by atoms with E-state index in [4.69, 9.17) is 9.47 Å². The molecule has 0 bridgehead atoms. The highest BCUT2D eigenvalue weighted by Crippen LogP contribution is 2.21. The molecule has 136 valence electrons. The van der Waals surface area contributed by atoms with E-state index in [-0.39, 0.29) is 23.7 Å². The highest BCUT2D eigenvalue weighted by Gasteiger charge is 2.23. The number of hydrogen-bond donors (Lipinski definition) is 1. The van der Waals surface area contributed by atoms with Crippen molar-refractivity contribution in [2.24, 2.45) is 0 Å². The Kier molecular flexibility index (Phi) is 8.48. The van der Waals surface area contributed by atoms with Crippen LogP contribution in [0.4, 0.5) is 4.79 Å². The van der Waals surface area contributed by atoms with E-state index in [2.05, 4.69) is 10.1 Å². The third-order valence-corrected chi connectivity index (χ3v) is 3.62. The molecular formula is C16H19NO7S. The summed E-state index contributed by atoms with van der Waals surface area (Å²) in [4.78, 5) is 46.5. The quantitative estimate of drug-likeness (QED) is 0.725. The van der Waals surface area contributed by atoms with Gasteiger partial charge in [0.15, 0.2) is 0 Å². The molecule has 0 spiro atoms. The Hall–Kier alpha value is -2.55. The number of esters is 2. The molecule has 0 radical (unpaired) electrons. The smallest absolute Gasteiger partial charge is 0.372 e. The first-order chi connectivity index (χ1) is 11.9. The minimum atomic E-state index is -0.981. The van der Waals surface area contributed by atoms with Crippen molar-refractivity contribution < 1.29 is 33.4 Å². The molecule has 25 heavy (non-hydrogen) atoms. The molecule has 0 aromatic heterocycles. The average molecular weight is 369 g/mol. The maximum absolute atomic E-state index is 12.0. The van der Waals surface area contributed by atoms with Crippen molar-refractivity contribution in [3.8, 4) is 5.75 Å². The number of benzene rings is 1. The van der Waals surface area contributed by atoms with Crippen molar-refractivity contribution in [1.82, 2.24) is 5.32 Å². The normalized spacial score (nSPS) is 11.2. The zero-order valence-electron chi connectivity index (χ0n) is 14.1. The molecule has 8 nitrogen and oxygen atoms in total. The lowest BCUT2D eigenvalue weighted by Gasteiger charge is -2.15. The molecule has 1 amide bonds. The molecule has 0 fully saturated rings. The first-order valence-electron chi connectivity index (χ1n) is 7.34. The third kappa shape index (κ3) is 6.84.